The number of carbonyl (C=O) groups is 1. The largest absolute Gasteiger partial charge is 0.354 e. The molecule has 0 aliphatic heterocycles. The van der Waals surface area contributed by atoms with E-state index in [1.54, 1.807) is 6.33 Å². The topological polar surface area (TPSA) is 46.9 Å². The quantitative estimate of drug-likeness (QED) is 0.784. The molecule has 0 unspecified atom stereocenters. The van der Waals surface area contributed by atoms with Crippen LogP contribution in [0.15, 0.2) is 60.9 Å². The molecule has 0 saturated carbocycles. The van der Waals surface area contributed by atoms with Gasteiger partial charge in [-0.3, -0.25) is 4.79 Å². The van der Waals surface area contributed by atoms with Gasteiger partial charge in [0.15, 0.2) is 0 Å². The molecule has 3 rings (SSSR count). The van der Waals surface area contributed by atoms with Gasteiger partial charge in [-0.15, -0.1) is 0 Å². The summed E-state index contributed by atoms with van der Waals surface area (Å²) in [6.45, 7) is 4.64. The van der Waals surface area contributed by atoms with Crippen molar-refractivity contribution in [2.75, 3.05) is 6.54 Å². The van der Waals surface area contributed by atoms with E-state index in [4.69, 9.17) is 0 Å². The number of aromatic nitrogens is 2. The molecule has 0 fully saturated rings. The second-order valence-electron chi connectivity index (χ2n) is 5.87. The standard InChI is InChI=1S/C19H21N3O/c1-14(16-8-4-3-5-9-16)12-20-19(23)15(2)22-13-21-17-10-6-7-11-18(17)22/h3-11,13-15H,12H2,1-2H3,(H,20,23)/t14-,15-/m0/s1. The molecule has 1 aromatic heterocycles. The number of para-hydroxylation sites is 2. The fourth-order valence-corrected chi connectivity index (χ4v) is 2.71. The first kappa shape index (κ1) is 15.3. The summed E-state index contributed by atoms with van der Waals surface area (Å²) in [5.41, 5.74) is 3.12. The number of benzene rings is 2. The van der Waals surface area contributed by atoms with Gasteiger partial charge in [0.2, 0.25) is 5.91 Å². The van der Waals surface area contributed by atoms with Gasteiger partial charge in [0.25, 0.3) is 0 Å². The van der Waals surface area contributed by atoms with Gasteiger partial charge in [-0.2, -0.15) is 0 Å². The Hall–Kier alpha value is -2.62. The summed E-state index contributed by atoms with van der Waals surface area (Å²) in [6.07, 6.45) is 1.73. The van der Waals surface area contributed by atoms with E-state index in [2.05, 4.69) is 29.4 Å². The summed E-state index contributed by atoms with van der Waals surface area (Å²) in [6, 6.07) is 17.8. The van der Waals surface area contributed by atoms with Gasteiger partial charge in [0.1, 0.15) is 6.04 Å². The zero-order valence-corrected chi connectivity index (χ0v) is 13.4. The highest BCUT2D eigenvalue weighted by molar-refractivity contribution is 5.83. The highest BCUT2D eigenvalue weighted by Gasteiger charge is 2.17. The van der Waals surface area contributed by atoms with Crippen LogP contribution >= 0.6 is 0 Å². The number of carbonyl (C=O) groups excluding carboxylic acids is 1. The Labute approximate surface area is 136 Å². The second kappa shape index (κ2) is 6.65. The molecule has 1 heterocycles. The number of hydrogen-bond acceptors (Lipinski definition) is 2. The maximum atomic E-state index is 12.5. The Balaban J connectivity index is 1.66. The molecule has 1 N–H and O–H groups in total. The molecule has 2 aromatic carbocycles. The van der Waals surface area contributed by atoms with Crippen molar-refractivity contribution in [3.05, 3.63) is 66.5 Å². The molecule has 0 radical (unpaired) electrons. The highest BCUT2D eigenvalue weighted by atomic mass is 16.2. The minimum atomic E-state index is -0.287. The third kappa shape index (κ3) is 3.26. The van der Waals surface area contributed by atoms with Crippen molar-refractivity contribution < 1.29 is 4.79 Å². The van der Waals surface area contributed by atoms with Gasteiger partial charge in [0, 0.05) is 6.54 Å². The Morgan fingerprint density at radius 3 is 2.57 bits per heavy atom. The van der Waals surface area contributed by atoms with Crippen molar-refractivity contribution in [2.45, 2.75) is 25.8 Å². The molecule has 3 aromatic rings. The van der Waals surface area contributed by atoms with Crippen molar-refractivity contribution >= 4 is 16.9 Å². The van der Waals surface area contributed by atoms with E-state index in [0.717, 1.165) is 11.0 Å². The summed E-state index contributed by atoms with van der Waals surface area (Å²) < 4.78 is 1.91. The Morgan fingerprint density at radius 1 is 1.09 bits per heavy atom. The van der Waals surface area contributed by atoms with Gasteiger partial charge in [-0.1, -0.05) is 49.4 Å². The van der Waals surface area contributed by atoms with Crippen LogP contribution < -0.4 is 5.32 Å². The van der Waals surface area contributed by atoms with E-state index in [0.29, 0.717) is 6.54 Å². The SMILES string of the molecule is C[C@@H](CNC(=O)[C@H](C)n1cnc2ccccc21)c1ccccc1. The third-order valence-electron chi connectivity index (χ3n) is 4.23. The first-order chi connectivity index (χ1) is 11.2. The minimum absolute atomic E-state index is 0.0101. The number of hydrogen-bond donors (Lipinski definition) is 1. The lowest BCUT2D eigenvalue weighted by molar-refractivity contribution is -0.123. The van der Waals surface area contributed by atoms with Crippen molar-refractivity contribution in [1.82, 2.24) is 14.9 Å². The van der Waals surface area contributed by atoms with E-state index >= 15 is 0 Å². The molecule has 1 amide bonds. The number of fused-ring (bicyclic) bond motifs is 1. The van der Waals surface area contributed by atoms with Crippen LogP contribution in [0.2, 0.25) is 0 Å². The first-order valence-electron chi connectivity index (χ1n) is 7.91. The van der Waals surface area contributed by atoms with Crippen LogP contribution in [0, 0.1) is 0 Å². The summed E-state index contributed by atoms with van der Waals surface area (Å²) >= 11 is 0. The number of amides is 1. The van der Waals surface area contributed by atoms with Crippen LogP contribution in [0.3, 0.4) is 0 Å². The van der Waals surface area contributed by atoms with Crippen LogP contribution in [0.5, 0.6) is 0 Å². The molecule has 4 heteroatoms. The predicted octanol–water partition coefficient (Wildman–Crippen LogP) is 3.52. The monoisotopic (exact) mass is 307 g/mol. The van der Waals surface area contributed by atoms with Crippen molar-refractivity contribution in [2.24, 2.45) is 0 Å². The molecule has 0 spiro atoms. The average Bonchev–Trinajstić information content (AvgIpc) is 3.03. The zero-order valence-electron chi connectivity index (χ0n) is 13.4. The Kier molecular flexibility index (Phi) is 4.42. The van der Waals surface area contributed by atoms with Gasteiger partial charge in [0.05, 0.1) is 17.4 Å². The van der Waals surface area contributed by atoms with Crippen molar-refractivity contribution in [3.8, 4) is 0 Å². The molecule has 2 atom stereocenters. The van der Waals surface area contributed by atoms with Gasteiger partial charge < -0.3 is 9.88 Å². The number of nitrogens with zero attached hydrogens (tertiary/aromatic N) is 2. The van der Waals surface area contributed by atoms with Gasteiger partial charge >= 0.3 is 0 Å². The predicted molar refractivity (Wildman–Crippen MR) is 92.3 cm³/mol. The second-order valence-corrected chi connectivity index (χ2v) is 5.87. The molecule has 0 bridgehead atoms. The van der Waals surface area contributed by atoms with E-state index in [-0.39, 0.29) is 17.9 Å². The Morgan fingerprint density at radius 2 is 1.78 bits per heavy atom. The zero-order chi connectivity index (χ0) is 16.2. The van der Waals surface area contributed by atoms with Gasteiger partial charge in [-0.25, -0.2) is 4.98 Å². The lowest BCUT2D eigenvalue weighted by Gasteiger charge is -2.17. The lowest BCUT2D eigenvalue weighted by Crippen LogP contribution is -2.33. The van der Waals surface area contributed by atoms with Crippen molar-refractivity contribution in [1.29, 1.82) is 0 Å². The molecular weight excluding hydrogens is 286 g/mol. The van der Waals surface area contributed by atoms with E-state index < -0.39 is 0 Å². The first-order valence-corrected chi connectivity index (χ1v) is 7.91. The summed E-state index contributed by atoms with van der Waals surface area (Å²) in [7, 11) is 0. The fourth-order valence-electron chi connectivity index (χ4n) is 2.71. The van der Waals surface area contributed by atoms with E-state index in [9.17, 15) is 4.79 Å². The van der Waals surface area contributed by atoms with Crippen molar-refractivity contribution in [3.63, 3.8) is 0 Å². The van der Waals surface area contributed by atoms with E-state index in [1.165, 1.54) is 5.56 Å². The highest BCUT2D eigenvalue weighted by Crippen LogP contribution is 2.18. The number of rotatable bonds is 5. The summed E-state index contributed by atoms with van der Waals surface area (Å²) in [4.78, 5) is 16.8. The molecule has 0 aliphatic rings. The molecule has 0 aliphatic carbocycles. The van der Waals surface area contributed by atoms with E-state index in [1.807, 2.05) is 54.0 Å². The lowest BCUT2D eigenvalue weighted by atomic mass is 10.0. The smallest absolute Gasteiger partial charge is 0.242 e. The maximum Gasteiger partial charge on any atom is 0.242 e. The van der Waals surface area contributed by atoms with Crippen LogP contribution in [0.4, 0.5) is 0 Å². The summed E-state index contributed by atoms with van der Waals surface area (Å²) in [5.74, 6) is 0.294. The maximum absolute atomic E-state index is 12.5. The van der Waals surface area contributed by atoms with Crippen LogP contribution in [0.1, 0.15) is 31.4 Å². The number of nitrogens with one attached hydrogen (secondary N) is 1. The van der Waals surface area contributed by atoms with Crippen LogP contribution in [-0.4, -0.2) is 22.0 Å². The number of imidazole rings is 1. The van der Waals surface area contributed by atoms with Crippen LogP contribution in [0.25, 0.3) is 11.0 Å². The molecule has 0 saturated heterocycles. The molecule has 118 valence electrons. The third-order valence-corrected chi connectivity index (χ3v) is 4.23. The van der Waals surface area contributed by atoms with Gasteiger partial charge in [-0.05, 0) is 30.5 Å². The normalized spacial score (nSPS) is 13.7. The molecule has 4 nitrogen and oxygen atoms in total. The minimum Gasteiger partial charge on any atom is -0.354 e. The average molecular weight is 307 g/mol. The summed E-state index contributed by atoms with van der Waals surface area (Å²) in [5, 5.41) is 3.05. The molecule has 23 heavy (non-hydrogen) atoms. The van der Waals surface area contributed by atoms with Crippen LogP contribution in [-0.2, 0) is 4.79 Å². The Bertz CT molecular complexity index is 794. The fraction of sp³-hybridized carbons (Fsp3) is 0.263. The molecular formula is C19H21N3O.